The summed E-state index contributed by atoms with van der Waals surface area (Å²) in [7, 11) is 0. The van der Waals surface area contributed by atoms with Crippen LogP contribution in [0, 0.1) is 0 Å². The Morgan fingerprint density at radius 2 is 2.09 bits per heavy atom. The summed E-state index contributed by atoms with van der Waals surface area (Å²) in [6, 6.07) is 10.7. The SMILES string of the molecule is O=C(CNC(=O)c1cc2ccccn2n1)NCc1ccco1. The second-order valence-electron chi connectivity index (χ2n) is 4.64. The molecule has 0 unspecified atom stereocenters. The van der Waals surface area contributed by atoms with Crippen LogP contribution >= 0.6 is 0 Å². The third kappa shape index (κ3) is 3.14. The molecule has 0 bridgehead atoms. The zero-order chi connectivity index (χ0) is 15.4. The molecular weight excluding hydrogens is 284 g/mol. The van der Waals surface area contributed by atoms with E-state index in [0.717, 1.165) is 5.52 Å². The lowest BCUT2D eigenvalue weighted by Crippen LogP contribution is -2.36. The summed E-state index contributed by atoms with van der Waals surface area (Å²) >= 11 is 0. The van der Waals surface area contributed by atoms with Crippen molar-refractivity contribution in [2.75, 3.05) is 6.54 Å². The van der Waals surface area contributed by atoms with Gasteiger partial charge in [0.2, 0.25) is 5.91 Å². The first-order chi connectivity index (χ1) is 10.7. The number of nitrogens with one attached hydrogen (secondary N) is 2. The minimum absolute atomic E-state index is 0.118. The van der Waals surface area contributed by atoms with Gasteiger partial charge in [-0.2, -0.15) is 5.10 Å². The lowest BCUT2D eigenvalue weighted by atomic mass is 10.3. The molecule has 22 heavy (non-hydrogen) atoms. The molecule has 0 aliphatic carbocycles. The number of aromatic nitrogens is 2. The molecule has 3 aromatic rings. The van der Waals surface area contributed by atoms with Gasteiger partial charge in [-0.05, 0) is 30.3 Å². The van der Waals surface area contributed by atoms with Crippen molar-refractivity contribution in [3.05, 3.63) is 60.3 Å². The molecule has 0 spiro atoms. The summed E-state index contributed by atoms with van der Waals surface area (Å²) in [5.41, 5.74) is 1.08. The van der Waals surface area contributed by atoms with E-state index in [4.69, 9.17) is 4.42 Å². The predicted octanol–water partition coefficient (Wildman–Crippen LogP) is 0.973. The summed E-state index contributed by atoms with van der Waals surface area (Å²) in [6.07, 6.45) is 3.29. The van der Waals surface area contributed by atoms with Crippen molar-refractivity contribution in [1.82, 2.24) is 20.2 Å². The predicted molar refractivity (Wildman–Crippen MR) is 78.1 cm³/mol. The van der Waals surface area contributed by atoms with Crippen molar-refractivity contribution in [3.63, 3.8) is 0 Å². The average Bonchev–Trinajstić information content (AvgIpc) is 3.19. The highest BCUT2D eigenvalue weighted by Gasteiger charge is 2.12. The number of nitrogens with zero attached hydrogens (tertiary/aromatic N) is 2. The summed E-state index contributed by atoms with van der Waals surface area (Å²) in [5.74, 6) is -0.0367. The molecule has 3 aromatic heterocycles. The normalized spacial score (nSPS) is 10.5. The van der Waals surface area contributed by atoms with Crippen LogP contribution < -0.4 is 10.6 Å². The van der Waals surface area contributed by atoms with Gasteiger partial charge in [0.1, 0.15) is 5.76 Å². The smallest absolute Gasteiger partial charge is 0.272 e. The summed E-state index contributed by atoms with van der Waals surface area (Å²) in [4.78, 5) is 23.6. The average molecular weight is 298 g/mol. The van der Waals surface area contributed by atoms with Gasteiger partial charge in [-0.25, -0.2) is 4.52 Å². The lowest BCUT2D eigenvalue weighted by molar-refractivity contribution is -0.120. The number of hydrogen-bond acceptors (Lipinski definition) is 4. The molecule has 7 nitrogen and oxygen atoms in total. The third-order valence-electron chi connectivity index (χ3n) is 3.05. The number of hydrogen-bond donors (Lipinski definition) is 2. The Labute approximate surface area is 125 Å². The maximum Gasteiger partial charge on any atom is 0.272 e. The highest BCUT2D eigenvalue weighted by molar-refractivity contribution is 5.95. The van der Waals surface area contributed by atoms with E-state index in [1.807, 2.05) is 18.2 Å². The molecule has 7 heteroatoms. The quantitative estimate of drug-likeness (QED) is 0.734. The molecule has 2 amide bonds. The van der Waals surface area contributed by atoms with Crippen LogP contribution in [0.2, 0.25) is 0 Å². The highest BCUT2D eigenvalue weighted by Crippen LogP contribution is 2.05. The second kappa shape index (κ2) is 6.13. The maximum atomic E-state index is 12.0. The fourth-order valence-electron chi connectivity index (χ4n) is 1.96. The molecule has 0 aliphatic heterocycles. The highest BCUT2D eigenvalue weighted by atomic mass is 16.3. The number of amides is 2. The Bertz CT molecular complexity index is 759. The number of fused-ring (bicyclic) bond motifs is 1. The van der Waals surface area contributed by atoms with Crippen molar-refractivity contribution in [1.29, 1.82) is 0 Å². The van der Waals surface area contributed by atoms with E-state index in [1.54, 1.807) is 28.9 Å². The van der Waals surface area contributed by atoms with Gasteiger partial charge < -0.3 is 15.1 Å². The molecule has 3 heterocycles. The molecule has 0 fully saturated rings. The van der Waals surface area contributed by atoms with Crippen molar-refractivity contribution in [3.8, 4) is 0 Å². The van der Waals surface area contributed by atoms with E-state index in [9.17, 15) is 9.59 Å². The van der Waals surface area contributed by atoms with Gasteiger partial charge in [-0.15, -0.1) is 0 Å². The monoisotopic (exact) mass is 298 g/mol. The van der Waals surface area contributed by atoms with Gasteiger partial charge in [0.15, 0.2) is 5.69 Å². The summed E-state index contributed by atoms with van der Waals surface area (Å²) in [5, 5.41) is 9.31. The van der Waals surface area contributed by atoms with Crippen LogP contribution in [0.25, 0.3) is 5.52 Å². The van der Waals surface area contributed by atoms with Crippen LogP contribution in [-0.4, -0.2) is 28.0 Å². The standard InChI is InChI=1S/C15H14N4O3/c20-14(16-9-12-5-3-7-22-12)10-17-15(21)13-8-11-4-1-2-6-19(11)18-13/h1-8H,9-10H2,(H,16,20)(H,17,21). The molecule has 0 saturated heterocycles. The molecule has 0 saturated carbocycles. The van der Waals surface area contributed by atoms with Crippen LogP contribution in [0.3, 0.4) is 0 Å². The number of pyridine rings is 1. The first-order valence-electron chi connectivity index (χ1n) is 6.74. The summed E-state index contributed by atoms with van der Waals surface area (Å²) < 4.78 is 6.70. The fourth-order valence-corrected chi connectivity index (χ4v) is 1.96. The Hall–Kier alpha value is -3.09. The van der Waals surface area contributed by atoms with E-state index in [1.165, 1.54) is 6.26 Å². The minimum atomic E-state index is -0.392. The topological polar surface area (TPSA) is 88.6 Å². The van der Waals surface area contributed by atoms with Gasteiger partial charge in [-0.1, -0.05) is 6.07 Å². The van der Waals surface area contributed by atoms with E-state index in [0.29, 0.717) is 5.76 Å². The van der Waals surface area contributed by atoms with Crippen molar-refractivity contribution < 1.29 is 14.0 Å². The molecule has 0 radical (unpaired) electrons. The Morgan fingerprint density at radius 3 is 2.86 bits per heavy atom. The Kier molecular flexibility index (Phi) is 3.86. The lowest BCUT2D eigenvalue weighted by Gasteiger charge is -2.04. The van der Waals surface area contributed by atoms with Crippen LogP contribution in [0.5, 0.6) is 0 Å². The Morgan fingerprint density at radius 1 is 1.18 bits per heavy atom. The van der Waals surface area contributed by atoms with Crippen LogP contribution in [0.1, 0.15) is 16.2 Å². The van der Waals surface area contributed by atoms with Gasteiger partial charge in [0.25, 0.3) is 5.91 Å². The van der Waals surface area contributed by atoms with Crippen LogP contribution in [0.4, 0.5) is 0 Å². The molecular formula is C15H14N4O3. The van der Waals surface area contributed by atoms with Crippen LogP contribution in [-0.2, 0) is 11.3 Å². The minimum Gasteiger partial charge on any atom is -0.467 e. The van der Waals surface area contributed by atoms with E-state index in [-0.39, 0.29) is 24.7 Å². The van der Waals surface area contributed by atoms with Crippen molar-refractivity contribution >= 4 is 17.3 Å². The van der Waals surface area contributed by atoms with Crippen molar-refractivity contribution in [2.45, 2.75) is 6.54 Å². The molecule has 3 rings (SSSR count). The van der Waals surface area contributed by atoms with E-state index in [2.05, 4.69) is 15.7 Å². The van der Waals surface area contributed by atoms with Gasteiger partial charge in [0, 0.05) is 6.20 Å². The number of carbonyl (C=O) groups excluding carboxylic acids is 2. The number of furan rings is 1. The zero-order valence-corrected chi connectivity index (χ0v) is 11.7. The number of rotatable bonds is 5. The molecule has 0 aromatic carbocycles. The molecule has 2 N–H and O–H groups in total. The van der Waals surface area contributed by atoms with Crippen LogP contribution in [0.15, 0.2) is 53.3 Å². The van der Waals surface area contributed by atoms with Gasteiger partial charge >= 0.3 is 0 Å². The molecule has 112 valence electrons. The van der Waals surface area contributed by atoms with Gasteiger partial charge in [-0.3, -0.25) is 9.59 Å². The second-order valence-corrected chi connectivity index (χ2v) is 4.64. The fraction of sp³-hybridized carbons (Fsp3) is 0.133. The number of carbonyl (C=O) groups is 2. The third-order valence-corrected chi connectivity index (χ3v) is 3.05. The van der Waals surface area contributed by atoms with Gasteiger partial charge in [0.05, 0.1) is 24.9 Å². The van der Waals surface area contributed by atoms with E-state index < -0.39 is 5.91 Å². The maximum absolute atomic E-state index is 12.0. The molecule has 0 atom stereocenters. The van der Waals surface area contributed by atoms with E-state index >= 15 is 0 Å². The Balaban J connectivity index is 1.52. The first-order valence-corrected chi connectivity index (χ1v) is 6.74. The zero-order valence-electron chi connectivity index (χ0n) is 11.7. The van der Waals surface area contributed by atoms with Crippen molar-refractivity contribution in [2.24, 2.45) is 0 Å². The summed E-state index contributed by atoms with van der Waals surface area (Å²) in [6.45, 7) is 0.170. The first kappa shape index (κ1) is 13.9. The largest absolute Gasteiger partial charge is 0.467 e. The molecule has 0 aliphatic rings.